The van der Waals surface area contributed by atoms with E-state index in [-0.39, 0.29) is 63.2 Å². The first-order valence-corrected chi connectivity index (χ1v) is 22.0. The molecule has 0 spiro atoms. The van der Waals surface area contributed by atoms with Gasteiger partial charge in [0.2, 0.25) is 0 Å². The zero-order valence-electron chi connectivity index (χ0n) is 2.71. The first-order chi connectivity index (χ1) is 1.41. The van der Waals surface area contributed by atoms with Crippen LogP contribution in [0.25, 0.3) is 0 Å². The summed E-state index contributed by atoms with van der Waals surface area (Å²) < 4.78 is 0. The van der Waals surface area contributed by atoms with Crippen molar-refractivity contribution in [3.63, 3.8) is 0 Å². The molecule has 0 bridgehead atoms. The Morgan fingerprint density at radius 1 is 1.17 bits per heavy atom. The molecule has 0 nitrogen and oxygen atoms in total. The van der Waals surface area contributed by atoms with Gasteiger partial charge in [-0.1, -0.05) is 0 Å². The minimum atomic E-state index is 0. The third-order valence-electron chi connectivity index (χ3n) is 0. The molecule has 6 heteroatoms. The van der Waals surface area contributed by atoms with Gasteiger partial charge in [-0.3, -0.25) is 0 Å². The van der Waals surface area contributed by atoms with E-state index >= 15 is 0 Å². The standard InChI is InChI=1S/Ga.GeH8Si2.GeH4.In.6H/c;2-1-3;;;;;;;;/h;1H2,2-3H3;1H4;;;;;;;. The second kappa shape index (κ2) is 24.4. The first kappa shape index (κ1) is 23.0. The van der Waals surface area contributed by atoms with Gasteiger partial charge in [0.25, 0.3) is 0 Å². The summed E-state index contributed by atoms with van der Waals surface area (Å²) in [7, 11) is 3.24. The van der Waals surface area contributed by atoms with Crippen molar-refractivity contribution in [3.8, 4) is 0 Å². The molecule has 0 rings (SSSR count). The average Bonchev–Trinajstić information content (AvgIpc) is 0.918. The Hall–Kier alpha value is 3.03. The normalized spacial score (nSPS) is 6.00. The molecular weight excluding hydrogens is 386 g/mol. The van der Waals surface area contributed by atoms with Gasteiger partial charge in [0.15, 0.2) is 0 Å². The van der Waals surface area contributed by atoms with E-state index in [4.69, 9.17) is 0 Å². The van der Waals surface area contributed by atoms with Gasteiger partial charge in [-0.2, -0.15) is 0 Å². The maximum atomic E-state index is 1.62. The van der Waals surface area contributed by atoms with Crippen molar-refractivity contribution in [1.29, 1.82) is 0 Å². The number of rotatable bonds is 0. The van der Waals surface area contributed by atoms with Crippen LogP contribution in [0.15, 0.2) is 0 Å². The van der Waals surface area contributed by atoms with Crippen LogP contribution < -0.4 is 0 Å². The zero-order valence-corrected chi connectivity index (χ0v) is 9.67. The first-order valence-electron chi connectivity index (χ1n) is 1.41. The van der Waals surface area contributed by atoms with Gasteiger partial charge < -0.3 is 0 Å². The van der Waals surface area contributed by atoms with Gasteiger partial charge in [0.05, 0.1) is 0 Å². The molecule has 0 aromatic carbocycles. The fraction of sp³-hybridized carbons (Fsp3) is 0. The third kappa shape index (κ3) is 27.9. The SMILES string of the molecule is [GaH3].[GeH4].[InH3].[SiH3][GeH2][SiH3]. The van der Waals surface area contributed by atoms with E-state index in [1.165, 1.54) is 0 Å². The Bertz CT molecular complexity index is 11.5. The average molecular weight is 404 g/mol. The van der Waals surface area contributed by atoms with Gasteiger partial charge in [-0.05, 0) is 0 Å². The van der Waals surface area contributed by atoms with Crippen molar-refractivity contribution in [2.24, 2.45) is 0 Å². The molecule has 0 fully saturated rings. The summed E-state index contributed by atoms with van der Waals surface area (Å²) in [5, 5.41) is 0. The van der Waals surface area contributed by atoms with E-state index < -0.39 is 0 Å². The molecule has 0 aliphatic carbocycles. The minimum absolute atomic E-state index is 0. The van der Waals surface area contributed by atoms with Gasteiger partial charge in [0, 0.05) is 0 Å². The molecule has 0 radical (unpaired) electrons. The summed E-state index contributed by atoms with van der Waals surface area (Å²) in [4.78, 5) is 0. The van der Waals surface area contributed by atoms with Gasteiger partial charge in [-0.15, -0.1) is 0 Å². The Labute approximate surface area is 93.3 Å². The van der Waals surface area contributed by atoms with Crippen molar-refractivity contribution in [1.82, 2.24) is 0 Å². The summed E-state index contributed by atoms with van der Waals surface area (Å²) in [6.45, 7) is 0. The molecule has 0 N–H and O–H groups in total. The predicted molar refractivity (Wildman–Crippen MR) is 59.6 cm³/mol. The maximum absolute atomic E-state index is 1.62. The Balaban J connectivity index is -0.00000000667. The molecule has 0 saturated heterocycles. The summed E-state index contributed by atoms with van der Waals surface area (Å²) in [6.07, 6.45) is 0. The van der Waals surface area contributed by atoms with Crippen LogP contribution in [0, 0.1) is 0 Å². The van der Waals surface area contributed by atoms with E-state index in [1.807, 2.05) is 0 Å². The van der Waals surface area contributed by atoms with Crippen molar-refractivity contribution in [2.75, 3.05) is 0 Å². The van der Waals surface area contributed by atoms with Crippen LogP contribution in [0.2, 0.25) is 0 Å². The summed E-state index contributed by atoms with van der Waals surface area (Å²) in [5.41, 5.74) is 0. The fourth-order valence-corrected chi connectivity index (χ4v) is 0. The topological polar surface area (TPSA) is 0 Å². The van der Waals surface area contributed by atoms with E-state index in [0.717, 1.165) is 0 Å². The molecule has 40 valence electrons. The van der Waals surface area contributed by atoms with Crippen LogP contribution in [0.3, 0.4) is 0 Å². The van der Waals surface area contributed by atoms with Crippen LogP contribution in [0.1, 0.15) is 0 Å². The molecule has 0 aliphatic heterocycles. The monoisotopic (exact) mass is 406 g/mol. The quantitative estimate of drug-likeness (QED) is 0.353. The Morgan fingerprint density at radius 2 is 1.17 bits per heavy atom. The van der Waals surface area contributed by atoms with Crippen LogP contribution in [0.4, 0.5) is 0 Å². The number of hydrogen-bond acceptors (Lipinski definition) is 0. The van der Waals surface area contributed by atoms with E-state index in [0.29, 0.717) is 14.1 Å². The van der Waals surface area contributed by atoms with E-state index in [9.17, 15) is 0 Å². The molecule has 0 aromatic rings. The Morgan fingerprint density at radius 3 is 1.17 bits per heavy atom. The predicted octanol–water partition coefficient (Wildman–Crippen LogP) is -7.10. The van der Waals surface area contributed by atoms with E-state index in [1.54, 1.807) is 17.5 Å². The summed E-state index contributed by atoms with van der Waals surface area (Å²) >= 11 is 0.403. The fourth-order valence-electron chi connectivity index (χ4n) is 0. The molecule has 0 unspecified atom stereocenters. The second-order valence-corrected chi connectivity index (χ2v) is 33.1. The molecule has 6 heavy (non-hydrogen) atoms. The molecule has 0 heterocycles. The molecule has 0 aliphatic rings. The van der Waals surface area contributed by atoms with Crippen LogP contribution in [-0.2, 0) is 0 Å². The molecule has 0 aromatic heterocycles. The van der Waals surface area contributed by atoms with Gasteiger partial charge in [-0.25, -0.2) is 0 Å². The second-order valence-electron chi connectivity index (χ2n) is 0.707. The molecule has 0 atom stereocenters. The molecule has 0 saturated carbocycles. The van der Waals surface area contributed by atoms with Gasteiger partial charge >= 0.3 is 94.9 Å². The summed E-state index contributed by atoms with van der Waals surface area (Å²) in [6, 6.07) is 0. The number of hydrogen-bond donors (Lipinski definition) is 0. The summed E-state index contributed by atoms with van der Waals surface area (Å²) in [5.74, 6) is 0. The van der Waals surface area contributed by atoms with Crippen molar-refractivity contribution < 1.29 is 0 Å². The molecular formula is H18GaGe2InSi2. The third-order valence-corrected chi connectivity index (χ3v) is 0. The van der Waals surface area contributed by atoms with E-state index in [2.05, 4.69) is 0 Å². The van der Waals surface area contributed by atoms with Crippen molar-refractivity contribution >= 4 is 94.9 Å². The zero-order chi connectivity index (χ0) is 2.71. The van der Waals surface area contributed by atoms with Gasteiger partial charge in [0.1, 0.15) is 0 Å². The van der Waals surface area contributed by atoms with Crippen molar-refractivity contribution in [2.45, 2.75) is 0 Å². The van der Waals surface area contributed by atoms with Crippen molar-refractivity contribution in [3.05, 3.63) is 0 Å². The Kier molecular flexibility index (Phi) is 93.8. The van der Waals surface area contributed by atoms with Crippen LogP contribution >= 0.6 is 0 Å². The van der Waals surface area contributed by atoms with Crippen LogP contribution in [-0.4, -0.2) is 94.9 Å². The molecule has 0 amide bonds. The van der Waals surface area contributed by atoms with Crippen LogP contribution in [0.5, 0.6) is 0 Å².